The number of carbonyl (C=O) groups is 1. The Bertz CT molecular complexity index is 845. The van der Waals surface area contributed by atoms with Crippen LogP contribution in [0.25, 0.3) is 11.8 Å². The van der Waals surface area contributed by atoms with Crippen LogP contribution in [0.5, 0.6) is 0 Å². The van der Waals surface area contributed by atoms with E-state index in [0.717, 1.165) is 5.69 Å². The summed E-state index contributed by atoms with van der Waals surface area (Å²) in [6, 6.07) is 9.04. The lowest BCUT2D eigenvalue weighted by Gasteiger charge is -2.08. The first-order chi connectivity index (χ1) is 11.5. The van der Waals surface area contributed by atoms with Crippen LogP contribution in [0, 0.1) is 0 Å². The van der Waals surface area contributed by atoms with Crippen LogP contribution >= 0.6 is 0 Å². The highest BCUT2D eigenvalue weighted by atomic mass is 32.2. The fourth-order valence-corrected chi connectivity index (χ4v) is 3.92. The summed E-state index contributed by atoms with van der Waals surface area (Å²) in [4.78, 5) is 11.1. The maximum absolute atomic E-state index is 12.1. The predicted octanol–water partition coefficient (Wildman–Crippen LogP) is 0.369. The molecule has 0 bridgehead atoms. The van der Waals surface area contributed by atoms with Crippen molar-refractivity contribution in [3.63, 3.8) is 0 Å². The Hall–Kier alpha value is -2.55. The zero-order valence-corrected chi connectivity index (χ0v) is 13.7. The molecule has 1 atom stereocenters. The van der Waals surface area contributed by atoms with Gasteiger partial charge in [0.1, 0.15) is 0 Å². The van der Waals surface area contributed by atoms with Crippen LogP contribution < -0.4 is 5.32 Å². The lowest BCUT2D eigenvalue weighted by molar-refractivity contribution is -0.119. The molecule has 0 saturated carbocycles. The summed E-state index contributed by atoms with van der Waals surface area (Å²) in [7, 11) is -3.30. The number of hydrogen-bond acceptors (Lipinski definition) is 6. The summed E-state index contributed by atoms with van der Waals surface area (Å²) in [5.41, 5.74) is 0.790. The summed E-state index contributed by atoms with van der Waals surface area (Å²) < 4.78 is 25.8. The van der Waals surface area contributed by atoms with Gasteiger partial charge in [0, 0.05) is 12.5 Å². The molecule has 1 unspecified atom stereocenters. The van der Waals surface area contributed by atoms with Gasteiger partial charge in [0.25, 0.3) is 0 Å². The van der Waals surface area contributed by atoms with Crippen LogP contribution in [-0.2, 0) is 14.6 Å². The fraction of sp³-hybridized carbons (Fsp3) is 0.333. The first kappa shape index (κ1) is 16.3. The van der Waals surface area contributed by atoms with Gasteiger partial charge in [-0.15, -0.1) is 5.10 Å². The van der Waals surface area contributed by atoms with Gasteiger partial charge >= 0.3 is 0 Å². The number of hydrogen-bond donors (Lipinski definition) is 1. The molecule has 9 heteroatoms. The Labute approximate surface area is 139 Å². The molecule has 1 amide bonds. The molecule has 0 radical (unpaired) electrons. The maximum atomic E-state index is 12.1. The van der Waals surface area contributed by atoms with Gasteiger partial charge < -0.3 is 5.32 Å². The highest BCUT2D eigenvalue weighted by Crippen LogP contribution is 2.11. The number of amides is 1. The molecule has 1 fully saturated rings. The minimum atomic E-state index is -3.30. The second kappa shape index (κ2) is 6.91. The molecule has 1 aliphatic rings. The van der Waals surface area contributed by atoms with Crippen molar-refractivity contribution in [1.29, 1.82) is 0 Å². The Morgan fingerprint density at radius 1 is 1.29 bits per heavy atom. The van der Waals surface area contributed by atoms with Crippen LogP contribution in [0.1, 0.15) is 18.7 Å². The molecule has 24 heavy (non-hydrogen) atoms. The number of nitrogens with zero attached hydrogens (tertiary/aromatic N) is 4. The third-order valence-electron chi connectivity index (χ3n) is 3.65. The average molecular weight is 347 g/mol. The standard InChI is InChI=1S/C15H17N5O3S/c21-15-9-8-12(16-15)11-24(22,23)10-4-7-14-17-18-19-20(14)13-5-2-1-3-6-13/h1-7,12H,8-11H2,(H,16,21). The largest absolute Gasteiger partial charge is 0.352 e. The molecular formula is C15H17N5O3S. The molecule has 1 N–H and O–H groups in total. The minimum Gasteiger partial charge on any atom is -0.352 e. The van der Waals surface area contributed by atoms with E-state index in [2.05, 4.69) is 20.8 Å². The molecule has 126 valence electrons. The summed E-state index contributed by atoms with van der Waals surface area (Å²) >= 11 is 0. The van der Waals surface area contributed by atoms with Crippen LogP contribution in [0.15, 0.2) is 36.4 Å². The second-order valence-corrected chi connectivity index (χ2v) is 7.72. The lowest BCUT2D eigenvalue weighted by Crippen LogP contribution is -2.32. The number of rotatable bonds is 6. The quantitative estimate of drug-likeness (QED) is 0.809. The lowest BCUT2D eigenvalue weighted by atomic mass is 10.2. The van der Waals surface area contributed by atoms with Crippen molar-refractivity contribution in [2.24, 2.45) is 0 Å². The Kier molecular flexibility index (Phi) is 4.70. The molecule has 1 aliphatic heterocycles. The highest BCUT2D eigenvalue weighted by molar-refractivity contribution is 7.91. The third kappa shape index (κ3) is 4.05. The van der Waals surface area contributed by atoms with Gasteiger partial charge in [-0.1, -0.05) is 24.3 Å². The van der Waals surface area contributed by atoms with E-state index in [9.17, 15) is 13.2 Å². The molecule has 0 spiro atoms. The molecule has 1 aromatic carbocycles. The van der Waals surface area contributed by atoms with E-state index in [4.69, 9.17) is 0 Å². The van der Waals surface area contributed by atoms with Crippen molar-refractivity contribution in [1.82, 2.24) is 25.5 Å². The van der Waals surface area contributed by atoms with Crippen molar-refractivity contribution in [3.05, 3.63) is 42.2 Å². The van der Waals surface area contributed by atoms with Crippen LogP contribution in [0.4, 0.5) is 0 Å². The third-order valence-corrected chi connectivity index (χ3v) is 5.26. The number of benzene rings is 1. The first-order valence-corrected chi connectivity index (χ1v) is 9.36. The van der Waals surface area contributed by atoms with Crippen molar-refractivity contribution in [3.8, 4) is 5.69 Å². The van der Waals surface area contributed by atoms with Gasteiger partial charge in [0.05, 0.1) is 17.2 Å². The predicted molar refractivity (Wildman–Crippen MR) is 88.0 cm³/mol. The van der Waals surface area contributed by atoms with Crippen LogP contribution in [-0.4, -0.2) is 52.1 Å². The smallest absolute Gasteiger partial charge is 0.220 e. The van der Waals surface area contributed by atoms with Gasteiger partial charge in [-0.05, 0) is 35.1 Å². The Morgan fingerprint density at radius 3 is 2.79 bits per heavy atom. The highest BCUT2D eigenvalue weighted by Gasteiger charge is 2.25. The van der Waals surface area contributed by atoms with E-state index in [1.165, 1.54) is 10.8 Å². The zero-order valence-electron chi connectivity index (χ0n) is 12.9. The molecule has 3 rings (SSSR count). The number of carbonyl (C=O) groups excluding carboxylic acids is 1. The Morgan fingerprint density at radius 2 is 2.08 bits per heavy atom. The molecule has 0 aliphatic carbocycles. The van der Waals surface area contributed by atoms with Crippen molar-refractivity contribution in [2.45, 2.75) is 18.9 Å². The fourth-order valence-electron chi connectivity index (χ4n) is 2.53. The van der Waals surface area contributed by atoms with Gasteiger partial charge in [-0.3, -0.25) is 4.79 Å². The molecule has 1 saturated heterocycles. The molecule has 2 aromatic rings. The first-order valence-electron chi connectivity index (χ1n) is 7.54. The Balaban J connectivity index is 1.65. The molecule has 8 nitrogen and oxygen atoms in total. The maximum Gasteiger partial charge on any atom is 0.220 e. The van der Waals surface area contributed by atoms with Gasteiger partial charge in [0.15, 0.2) is 15.7 Å². The topological polar surface area (TPSA) is 107 Å². The van der Waals surface area contributed by atoms with Crippen molar-refractivity contribution >= 4 is 21.8 Å². The number of sulfone groups is 1. The van der Waals surface area contributed by atoms with Crippen molar-refractivity contribution in [2.75, 3.05) is 11.5 Å². The SMILES string of the molecule is O=C1CCC(CS(=O)(=O)CC=Cc2nnnn2-c2ccccc2)N1. The number of aromatic nitrogens is 4. The average Bonchev–Trinajstić information content (AvgIpc) is 3.17. The number of nitrogens with one attached hydrogen (secondary N) is 1. The number of para-hydroxylation sites is 1. The van der Waals surface area contributed by atoms with Crippen LogP contribution in [0.2, 0.25) is 0 Å². The minimum absolute atomic E-state index is 0.0489. The molecular weight excluding hydrogens is 330 g/mol. The van der Waals surface area contributed by atoms with E-state index in [1.54, 1.807) is 6.08 Å². The van der Waals surface area contributed by atoms with Gasteiger partial charge in [-0.2, -0.15) is 4.68 Å². The number of tetrazole rings is 1. The van der Waals surface area contributed by atoms with Gasteiger partial charge in [0.2, 0.25) is 5.91 Å². The van der Waals surface area contributed by atoms with E-state index < -0.39 is 9.84 Å². The summed E-state index contributed by atoms with van der Waals surface area (Å²) in [6.45, 7) is 0. The van der Waals surface area contributed by atoms with Crippen LogP contribution in [0.3, 0.4) is 0 Å². The zero-order chi connectivity index (χ0) is 17.0. The molecule has 1 aromatic heterocycles. The van der Waals surface area contributed by atoms with E-state index in [1.807, 2.05) is 30.3 Å². The monoisotopic (exact) mass is 347 g/mol. The summed E-state index contributed by atoms with van der Waals surface area (Å²) in [5.74, 6) is 0.187. The summed E-state index contributed by atoms with van der Waals surface area (Å²) in [5, 5.41) is 14.1. The summed E-state index contributed by atoms with van der Waals surface area (Å²) in [6.07, 6.45) is 4.06. The second-order valence-electron chi connectivity index (χ2n) is 5.57. The van der Waals surface area contributed by atoms with E-state index in [0.29, 0.717) is 18.7 Å². The molecule has 2 heterocycles. The normalized spacial score (nSPS) is 18.2. The van der Waals surface area contributed by atoms with E-state index >= 15 is 0 Å². The van der Waals surface area contributed by atoms with E-state index in [-0.39, 0.29) is 23.5 Å². The van der Waals surface area contributed by atoms with Crippen molar-refractivity contribution < 1.29 is 13.2 Å². The van der Waals surface area contributed by atoms with Gasteiger partial charge in [-0.25, -0.2) is 8.42 Å².